The van der Waals surface area contributed by atoms with Crippen LogP contribution in [0.2, 0.25) is 0 Å². The number of benzene rings is 1. The van der Waals surface area contributed by atoms with E-state index >= 15 is 0 Å². The van der Waals surface area contributed by atoms with Gasteiger partial charge in [0.2, 0.25) is 16.0 Å². The SMILES string of the molecule is CC1(C)Oc2cnc(Nc3ccc(S(=O)(=O)N4CCC4)cc3)nc2N(C2CCCC2)C1=O. The molecule has 0 unspecified atom stereocenters. The monoisotopic (exact) mass is 457 g/mol. The molecule has 5 rings (SSSR count). The highest BCUT2D eigenvalue weighted by molar-refractivity contribution is 7.89. The van der Waals surface area contributed by atoms with Gasteiger partial charge in [0.05, 0.1) is 11.1 Å². The number of rotatable bonds is 5. The van der Waals surface area contributed by atoms with Crippen molar-refractivity contribution in [2.75, 3.05) is 23.3 Å². The molecule has 2 aromatic rings. The molecule has 1 saturated carbocycles. The lowest BCUT2D eigenvalue weighted by molar-refractivity contribution is -0.133. The highest BCUT2D eigenvalue weighted by Gasteiger charge is 2.45. The number of carbonyl (C=O) groups excluding carboxylic acids is 1. The summed E-state index contributed by atoms with van der Waals surface area (Å²) >= 11 is 0. The molecule has 2 aliphatic heterocycles. The van der Waals surface area contributed by atoms with E-state index in [1.807, 2.05) is 0 Å². The van der Waals surface area contributed by atoms with E-state index in [0.29, 0.717) is 36.3 Å². The smallest absolute Gasteiger partial charge is 0.272 e. The number of amides is 1. The van der Waals surface area contributed by atoms with Gasteiger partial charge >= 0.3 is 0 Å². The number of sulfonamides is 1. The quantitative estimate of drug-likeness (QED) is 0.736. The van der Waals surface area contributed by atoms with Crippen LogP contribution in [0.1, 0.15) is 46.0 Å². The fourth-order valence-corrected chi connectivity index (χ4v) is 5.91. The van der Waals surface area contributed by atoms with Crippen LogP contribution in [0.5, 0.6) is 5.75 Å². The Balaban J connectivity index is 1.41. The van der Waals surface area contributed by atoms with Gasteiger partial charge in [-0.2, -0.15) is 9.29 Å². The van der Waals surface area contributed by atoms with Crippen LogP contribution in [0.25, 0.3) is 0 Å². The third kappa shape index (κ3) is 3.61. The maximum Gasteiger partial charge on any atom is 0.272 e. The summed E-state index contributed by atoms with van der Waals surface area (Å²) in [5, 5.41) is 3.11. The average molecular weight is 458 g/mol. The summed E-state index contributed by atoms with van der Waals surface area (Å²) < 4.78 is 32.4. The Morgan fingerprint density at radius 2 is 1.78 bits per heavy atom. The lowest BCUT2D eigenvalue weighted by atomic mass is 10.0. The van der Waals surface area contributed by atoms with Gasteiger partial charge in [0.25, 0.3) is 5.91 Å². The maximum absolute atomic E-state index is 13.1. The van der Waals surface area contributed by atoms with E-state index in [1.54, 1.807) is 49.2 Å². The standard InChI is InChI=1S/C22H27N5O4S/c1-22(2)20(28)27(16-6-3-4-7-16)19-18(31-22)14-23-21(25-19)24-15-8-10-17(11-9-15)32(29,30)26-12-5-13-26/h8-11,14,16H,3-7,12-13H2,1-2H3,(H,23,24,25). The van der Waals surface area contributed by atoms with Crippen LogP contribution >= 0.6 is 0 Å². The van der Waals surface area contributed by atoms with Gasteiger partial charge in [0, 0.05) is 24.8 Å². The molecular formula is C22H27N5O4S. The number of carbonyl (C=O) groups is 1. The number of fused-ring (bicyclic) bond motifs is 1. The van der Waals surface area contributed by atoms with E-state index in [-0.39, 0.29) is 16.8 Å². The zero-order valence-corrected chi connectivity index (χ0v) is 19.1. The third-order valence-corrected chi connectivity index (χ3v) is 8.23. The summed E-state index contributed by atoms with van der Waals surface area (Å²) in [6.07, 6.45) is 6.56. The minimum absolute atomic E-state index is 0.0953. The van der Waals surface area contributed by atoms with Gasteiger partial charge in [-0.1, -0.05) is 12.8 Å². The maximum atomic E-state index is 13.1. The lowest BCUT2D eigenvalue weighted by Crippen LogP contribution is -2.55. The summed E-state index contributed by atoms with van der Waals surface area (Å²) in [6.45, 7) is 4.67. The van der Waals surface area contributed by atoms with E-state index < -0.39 is 15.6 Å². The average Bonchev–Trinajstić information content (AvgIpc) is 3.22. The summed E-state index contributed by atoms with van der Waals surface area (Å²) in [5.41, 5.74) is -0.311. The zero-order chi connectivity index (χ0) is 22.5. The molecule has 170 valence electrons. The van der Waals surface area contributed by atoms with Crippen molar-refractivity contribution in [3.05, 3.63) is 30.5 Å². The first-order valence-corrected chi connectivity index (χ1v) is 12.5. The van der Waals surface area contributed by atoms with E-state index in [1.165, 1.54) is 4.31 Å². The van der Waals surface area contributed by atoms with Gasteiger partial charge in [0.1, 0.15) is 0 Å². The Hall–Kier alpha value is -2.72. The largest absolute Gasteiger partial charge is 0.472 e. The Bertz CT molecular complexity index is 1140. The summed E-state index contributed by atoms with van der Waals surface area (Å²) in [6, 6.07) is 6.64. The van der Waals surface area contributed by atoms with Gasteiger partial charge in [-0.15, -0.1) is 0 Å². The van der Waals surface area contributed by atoms with Crippen molar-refractivity contribution >= 4 is 33.4 Å². The second-order valence-electron chi connectivity index (χ2n) is 9.01. The van der Waals surface area contributed by atoms with E-state index in [0.717, 1.165) is 32.1 Å². The van der Waals surface area contributed by atoms with Gasteiger partial charge in [-0.25, -0.2) is 13.4 Å². The molecule has 0 bridgehead atoms. The Kier molecular flexibility index (Phi) is 5.09. The van der Waals surface area contributed by atoms with Gasteiger partial charge < -0.3 is 10.1 Å². The number of aromatic nitrogens is 2. The number of ether oxygens (including phenoxy) is 1. The lowest BCUT2D eigenvalue weighted by Gasteiger charge is -2.40. The summed E-state index contributed by atoms with van der Waals surface area (Å²) in [7, 11) is -3.42. The van der Waals surface area contributed by atoms with Crippen LogP contribution in [-0.2, 0) is 14.8 Å². The molecule has 0 atom stereocenters. The molecule has 3 aliphatic rings. The Morgan fingerprint density at radius 3 is 2.41 bits per heavy atom. The van der Waals surface area contributed by atoms with Crippen molar-refractivity contribution in [2.24, 2.45) is 0 Å². The second-order valence-corrected chi connectivity index (χ2v) is 11.0. The molecule has 1 saturated heterocycles. The van der Waals surface area contributed by atoms with Crippen molar-refractivity contribution in [1.82, 2.24) is 14.3 Å². The number of hydrogen-bond donors (Lipinski definition) is 1. The van der Waals surface area contributed by atoms with Crippen molar-refractivity contribution in [2.45, 2.75) is 62.5 Å². The van der Waals surface area contributed by atoms with Crippen LogP contribution in [-0.4, -0.2) is 53.3 Å². The van der Waals surface area contributed by atoms with Crippen LogP contribution < -0.4 is 15.0 Å². The number of hydrogen-bond acceptors (Lipinski definition) is 7. The molecule has 1 aliphatic carbocycles. The highest BCUT2D eigenvalue weighted by Crippen LogP contribution is 2.40. The fraction of sp³-hybridized carbons (Fsp3) is 0.500. The molecule has 1 aromatic carbocycles. The van der Waals surface area contributed by atoms with E-state index in [4.69, 9.17) is 4.74 Å². The molecule has 10 heteroatoms. The minimum Gasteiger partial charge on any atom is -0.472 e. The number of anilines is 3. The molecule has 0 spiro atoms. The molecule has 2 fully saturated rings. The third-order valence-electron chi connectivity index (χ3n) is 6.32. The van der Waals surface area contributed by atoms with Crippen molar-refractivity contribution in [3.63, 3.8) is 0 Å². The fourth-order valence-electron chi connectivity index (χ4n) is 4.39. The normalized spacial score (nSPS) is 21.1. The highest BCUT2D eigenvalue weighted by atomic mass is 32.2. The van der Waals surface area contributed by atoms with Crippen LogP contribution in [0.15, 0.2) is 35.4 Å². The van der Waals surface area contributed by atoms with Crippen LogP contribution in [0.4, 0.5) is 17.5 Å². The topological polar surface area (TPSA) is 105 Å². The first-order chi connectivity index (χ1) is 15.3. The molecule has 9 nitrogen and oxygen atoms in total. The number of nitrogens with one attached hydrogen (secondary N) is 1. The Labute approximate surface area is 187 Å². The molecule has 3 heterocycles. The number of nitrogens with zero attached hydrogens (tertiary/aromatic N) is 4. The van der Waals surface area contributed by atoms with Crippen molar-refractivity contribution < 1.29 is 17.9 Å². The van der Waals surface area contributed by atoms with Crippen molar-refractivity contribution in [1.29, 1.82) is 0 Å². The predicted molar refractivity (Wildman–Crippen MR) is 120 cm³/mol. The second kappa shape index (κ2) is 7.70. The minimum atomic E-state index is -3.42. The molecule has 1 amide bonds. The van der Waals surface area contributed by atoms with Gasteiger partial charge in [-0.05, 0) is 57.4 Å². The molecule has 1 N–H and O–H groups in total. The van der Waals surface area contributed by atoms with Crippen LogP contribution in [0, 0.1) is 0 Å². The molecule has 0 radical (unpaired) electrons. The molecule has 1 aromatic heterocycles. The first-order valence-electron chi connectivity index (χ1n) is 11.0. The van der Waals surface area contributed by atoms with E-state index in [9.17, 15) is 13.2 Å². The van der Waals surface area contributed by atoms with Gasteiger partial charge in [0.15, 0.2) is 17.2 Å². The van der Waals surface area contributed by atoms with Crippen molar-refractivity contribution in [3.8, 4) is 5.75 Å². The van der Waals surface area contributed by atoms with Crippen LogP contribution in [0.3, 0.4) is 0 Å². The van der Waals surface area contributed by atoms with Gasteiger partial charge in [-0.3, -0.25) is 9.69 Å². The molecular weight excluding hydrogens is 430 g/mol. The Morgan fingerprint density at radius 1 is 1.09 bits per heavy atom. The zero-order valence-electron chi connectivity index (χ0n) is 18.2. The predicted octanol–water partition coefficient (Wildman–Crippen LogP) is 3.06. The first kappa shape index (κ1) is 21.1. The molecule has 32 heavy (non-hydrogen) atoms. The van der Waals surface area contributed by atoms with E-state index in [2.05, 4.69) is 15.3 Å². The summed E-state index contributed by atoms with van der Waals surface area (Å²) in [4.78, 5) is 24.1. The summed E-state index contributed by atoms with van der Waals surface area (Å²) in [5.74, 6) is 1.20.